The van der Waals surface area contributed by atoms with Crippen LogP contribution in [0.2, 0.25) is 0 Å². The Labute approximate surface area is 112 Å². The minimum absolute atomic E-state index is 0.269. The Balaban J connectivity index is 1.92. The molecule has 2 aromatic heterocycles. The predicted molar refractivity (Wildman–Crippen MR) is 72.1 cm³/mol. The zero-order valence-corrected chi connectivity index (χ0v) is 10.5. The number of hydrogen-bond acceptors (Lipinski definition) is 4. The number of aromatic amines is 1. The lowest BCUT2D eigenvalue weighted by atomic mass is 10.1. The van der Waals surface area contributed by atoms with Crippen LogP contribution in [0.25, 0.3) is 22.1 Å². The molecule has 0 aliphatic heterocycles. The van der Waals surface area contributed by atoms with E-state index in [2.05, 4.69) is 15.0 Å². The summed E-state index contributed by atoms with van der Waals surface area (Å²) in [4.78, 5) is 22.4. The molecule has 94 valence electrons. The van der Waals surface area contributed by atoms with Gasteiger partial charge >= 0.3 is 5.97 Å². The molecule has 5 nitrogen and oxygen atoms in total. The molecule has 6 heteroatoms. The second-order valence-corrected chi connectivity index (χ2v) is 4.72. The minimum atomic E-state index is -0.930. The number of H-pyrrole nitrogens is 1. The van der Waals surface area contributed by atoms with Crippen molar-refractivity contribution in [1.29, 1.82) is 0 Å². The highest BCUT2D eigenvalue weighted by Gasteiger charge is 2.09. The van der Waals surface area contributed by atoms with Crippen LogP contribution in [0.1, 0.15) is 10.4 Å². The number of nitrogens with zero attached hydrogens (tertiary/aromatic N) is 2. The fraction of sp³-hybridized carbons (Fsp3) is 0. The lowest BCUT2D eigenvalue weighted by Crippen LogP contribution is -1.94. The van der Waals surface area contributed by atoms with Crippen molar-refractivity contribution in [2.45, 2.75) is 0 Å². The van der Waals surface area contributed by atoms with E-state index in [9.17, 15) is 4.79 Å². The van der Waals surface area contributed by atoms with Crippen LogP contribution in [0.4, 0.5) is 0 Å². The van der Waals surface area contributed by atoms with E-state index in [-0.39, 0.29) is 5.56 Å². The molecule has 0 saturated carbocycles. The summed E-state index contributed by atoms with van der Waals surface area (Å²) in [5.74, 6) is -0.195. The molecular weight excluding hydrogens is 262 g/mol. The van der Waals surface area contributed by atoms with E-state index in [1.807, 2.05) is 5.38 Å². The SMILES string of the molecule is O=C(O)c1ccc(-c2csc(-c3ncc[nH]3)n2)cc1. The number of carbonyl (C=O) groups is 1. The maximum Gasteiger partial charge on any atom is 0.335 e. The van der Waals surface area contributed by atoms with Crippen molar-refractivity contribution in [3.05, 3.63) is 47.6 Å². The number of thiazole rings is 1. The Morgan fingerprint density at radius 2 is 2.05 bits per heavy atom. The van der Waals surface area contributed by atoms with Crippen LogP contribution in [-0.4, -0.2) is 26.0 Å². The molecule has 1 aromatic carbocycles. The molecule has 2 N–H and O–H groups in total. The van der Waals surface area contributed by atoms with Gasteiger partial charge in [-0.05, 0) is 12.1 Å². The standard InChI is InChI=1S/C13H9N3O2S/c17-13(18)9-3-1-8(2-4-9)10-7-19-12(16-10)11-14-5-6-15-11/h1-7H,(H,14,15)(H,17,18). The van der Waals surface area contributed by atoms with Gasteiger partial charge < -0.3 is 10.1 Å². The summed E-state index contributed by atoms with van der Waals surface area (Å²) in [6.45, 7) is 0. The van der Waals surface area contributed by atoms with Crippen molar-refractivity contribution in [3.63, 3.8) is 0 Å². The van der Waals surface area contributed by atoms with Crippen molar-refractivity contribution < 1.29 is 9.90 Å². The van der Waals surface area contributed by atoms with Gasteiger partial charge in [-0.2, -0.15) is 0 Å². The number of imidazole rings is 1. The van der Waals surface area contributed by atoms with Gasteiger partial charge in [-0.1, -0.05) is 12.1 Å². The van der Waals surface area contributed by atoms with Gasteiger partial charge in [0.15, 0.2) is 10.8 Å². The molecule has 0 bridgehead atoms. The first kappa shape index (κ1) is 11.6. The highest BCUT2D eigenvalue weighted by molar-refractivity contribution is 7.13. The Morgan fingerprint density at radius 3 is 2.68 bits per heavy atom. The summed E-state index contributed by atoms with van der Waals surface area (Å²) in [6, 6.07) is 6.65. The van der Waals surface area contributed by atoms with Crippen molar-refractivity contribution in [3.8, 4) is 22.1 Å². The van der Waals surface area contributed by atoms with E-state index in [1.165, 1.54) is 11.3 Å². The summed E-state index contributed by atoms with van der Waals surface area (Å²) >= 11 is 1.49. The van der Waals surface area contributed by atoms with E-state index < -0.39 is 5.97 Å². The van der Waals surface area contributed by atoms with Gasteiger partial charge in [0, 0.05) is 23.3 Å². The Kier molecular flexibility index (Phi) is 2.85. The number of hydrogen-bond donors (Lipinski definition) is 2. The first-order chi connectivity index (χ1) is 9.24. The molecule has 0 atom stereocenters. The number of nitrogens with one attached hydrogen (secondary N) is 1. The van der Waals surface area contributed by atoms with Crippen LogP contribution in [-0.2, 0) is 0 Å². The van der Waals surface area contributed by atoms with E-state index in [0.717, 1.165) is 22.1 Å². The second kappa shape index (κ2) is 4.66. The van der Waals surface area contributed by atoms with E-state index in [1.54, 1.807) is 36.7 Å². The first-order valence-corrected chi connectivity index (χ1v) is 6.41. The number of rotatable bonds is 3. The molecule has 2 heterocycles. The zero-order valence-electron chi connectivity index (χ0n) is 9.70. The molecule has 0 aliphatic carbocycles. The van der Waals surface area contributed by atoms with Crippen LogP contribution in [0.3, 0.4) is 0 Å². The molecule has 0 amide bonds. The van der Waals surface area contributed by atoms with Crippen LogP contribution in [0.15, 0.2) is 42.0 Å². The van der Waals surface area contributed by atoms with Gasteiger partial charge in [0.05, 0.1) is 11.3 Å². The number of aromatic nitrogens is 3. The summed E-state index contributed by atoms with van der Waals surface area (Å²) in [5.41, 5.74) is 1.97. The monoisotopic (exact) mass is 271 g/mol. The number of carboxylic acid groups (broad SMARTS) is 1. The smallest absolute Gasteiger partial charge is 0.335 e. The van der Waals surface area contributed by atoms with E-state index in [4.69, 9.17) is 5.11 Å². The summed E-state index contributed by atoms with van der Waals surface area (Å²) in [7, 11) is 0. The van der Waals surface area contributed by atoms with Gasteiger partial charge in [0.1, 0.15) is 0 Å². The summed E-state index contributed by atoms with van der Waals surface area (Å²) in [5, 5.41) is 11.6. The number of benzene rings is 1. The first-order valence-electron chi connectivity index (χ1n) is 5.53. The average Bonchev–Trinajstić information content (AvgIpc) is 3.10. The fourth-order valence-electron chi connectivity index (χ4n) is 1.68. The third-order valence-corrected chi connectivity index (χ3v) is 3.48. The Hall–Kier alpha value is -2.47. The molecule has 3 aromatic rings. The maximum absolute atomic E-state index is 10.8. The molecule has 0 radical (unpaired) electrons. The van der Waals surface area contributed by atoms with Gasteiger partial charge in [0.2, 0.25) is 0 Å². The van der Waals surface area contributed by atoms with Crippen LogP contribution < -0.4 is 0 Å². The quantitative estimate of drug-likeness (QED) is 0.767. The molecular formula is C13H9N3O2S. The fourth-order valence-corrected chi connectivity index (χ4v) is 2.47. The van der Waals surface area contributed by atoms with Gasteiger partial charge in [-0.15, -0.1) is 11.3 Å². The molecule has 0 saturated heterocycles. The molecule has 0 aliphatic rings. The third-order valence-electron chi connectivity index (χ3n) is 2.63. The number of carboxylic acids is 1. The zero-order chi connectivity index (χ0) is 13.2. The lowest BCUT2D eigenvalue weighted by Gasteiger charge is -1.97. The normalized spacial score (nSPS) is 10.5. The molecule has 19 heavy (non-hydrogen) atoms. The highest BCUT2D eigenvalue weighted by Crippen LogP contribution is 2.26. The maximum atomic E-state index is 10.8. The van der Waals surface area contributed by atoms with Gasteiger partial charge in [-0.25, -0.2) is 14.8 Å². The molecule has 0 spiro atoms. The third kappa shape index (κ3) is 2.25. The molecule has 3 rings (SSSR count). The second-order valence-electron chi connectivity index (χ2n) is 3.86. The largest absolute Gasteiger partial charge is 0.478 e. The van der Waals surface area contributed by atoms with Crippen molar-refractivity contribution >= 4 is 17.3 Å². The van der Waals surface area contributed by atoms with E-state index >= 15 is 0 Å². The van der Waals surface area contributed by atoms with Gasteiger partial charge in [0.25, 0.3) is 0 Å². The summed E-state index contributed by atoms with van der Waals surface area (Å²) < 4.78 is 0. The summed E-state index contributed by atoms with van der Waals surface area (Å²) in [6.07, 6.45) is 3.43. The minimum Gasteiger partial charge on any atom is -0.478 e. The average molecular weight is 271 g/mol. The topological polar surface area (TPSA) is 78.9 Å². The van der Waals surface area contributed by atoms with Crippen LogP contribution in [0.5, 0.6) is 0 Å². The highest BCUT2D eigenvalue weighted by atomic mass is 32.1. The molecule has 0 fully saturated rings. The van der Waals surface area contributed by atoms with Crippen molar-refractivity contribution in [2.75, 3.05) is 0 Å². The van der Waals surface area contributed by atoms with Crippen LogP contribution in [0, 0.1) is 0 Å². The van der Waals surface area contributed by atoms with Crippen molar-refractivity contribution in [1.82, 2.24) is 15.0 Å². The van der Waals surface area contributed by atoms with Gasteiger partial charge in [-0.3, -0.25) is 0 Å². The number of aromatic carboxylic acids is 1. The van der Waals surface area contributed by atoms with E-state index in [0.29, 0.717) is 0 Å². The van der Waals surface area contributed by atoms with Crippen molar-refractivity contribution in [2.24, 2.45) is 0 Å². The lowest BCUT2D eigenvalue weighted by molar-refractivity contribution is 0.0697. The Bertz CT molecular complexity index is 702. The Morgan fingerprint density at radius 1 is 1.26 bits per heavy atom. The molecule has 0 unspecified atom stereocenters. The van der Waals surface area contributed by atoms with Crippen LogP contribution >= 0.6 is 11.3 Å². The predicted octanol–water partition coefficient (Wildman–Crippen LogP) is 2.90.